The van der Waals surface area contributed by atoms with E-state index in [2.05, 4.69) is 26.2 Å². The molecule has 0 saturated heterocycles. The van der Waals surface area contributed by atoms with Crippen molar-refractivity contribution in [2.24, 2.45) is 0 Å². The molecule has 76 valence electrons. The lowest BCUT2D eigenvalue weighted by molar-refractivity contribution is -0.145. The average Bonchev–Trinajstić information content (AvgIpc) is 2.14. The fraction of sp³-hybridized carbons (Fsp3) is 0.250. The Morgan fingerprint density at radius 2 is 2.36 bits per heavy atom. The minimum Gasteiger partial charge on any atom is -0.479 e. The van der Waals surface area contributed by atoms with Gasteiger partial charge in [-0.25, -0.2) is 4.79 Å². The number of aromatic nitrogens is 1. The van der Waals surface area contributed by atoms with E-state index >= 15 is 0 Å². The van der Waals surface area contributed by atoms with E-state index < -0.39 is 12.1 Å². The molecule has 1 aromatic heterocycles. The fourth-order valence-corrected chi connectivity index (χ4v) is 1.18. The molecule has 1 atom stereocenters. The Morgan fingerprint density at radius 1 is 1.64 bits per heavy atom. The molecule has 1 rings (SSSR count). The maximum Gasteiger partial charge on any atom is 0.334 e. The second kappa shape index (κ2) is 4.92. The Bertz CT molecular complexity index is 332. The van der Waals surface area contributed by atoms with Crippen molar-refractivity contribution in [2.45, 2.75) is 6.10 Å². The first kappa shape index (κ1) is 10.9. The second-order valence-electron chi connectivity index (χ2n) is 2.63. The van der Waals surface area contributed by atoms with E-state index in [1.165, 1.54) is 0 Å². The van der Waals surface area contributed by atoms with Crippen LogP contribution in [0.4, 0.5) is 5.69 Å². The molecule has 1 heterocycles. The quantitative estimate of drug-likeness (QED) is 0.743. The minimum absolute atomic E-state index is 0.0481. The Balaban J connectivity index is 2.49. The monoisotopic (exact) mass is 260 g/mol. The molecule has 1 aromatic rings. The van der Waals surface area contributed by atoms with Crippen LogP contribution in [0.1, 0.15) is 0 Å². The van der Waals surface area contributed by atoms with E-state index in [0.29, 0.717) is 5.69 Å². The van der Waals surface area contributed by atoms with Gasteiger partial charge >= 0.3 is 5.97 Å². The van der Waals surface area contributed by atoms with Crippen LogP contribution in [0.25, 0.3) is 0 Å². The van der Waals surface area contributed by atoms with Gasteiger partial charge in [0.2, 0.25) is 0 Å². The van der Waals surface area contributed by atoms with Crippen molar-refractivity contribution in [1.82, 2.24) is 4.98 Å². The van der Waals surface area contributed by atoms with Gasteiger partial charge in [-0.15, -0.1) is 0 Å². The van der Waals surface area contributed by atoms with Crippen molar-refractivity contribution >= 4 is 27.6 Å². The molecule has 0 aliphatic carbocycles. The smallest absolute Gasteiger partial charge is 0.334 e. The highest BCUT2D eigenvalue weighted by Crippen LogP contribution is 2.13. The van der Waals surface area contributed by atoms with Crippen LogP contribution in [0.5, 0.6) is 0 Å². The maximum absolute atomic E-state index is 10.3. The number of carboxylic acid groups (broad SMARTS) is 1. The molecule has 0 spiro atoms. The maximum atomic E-state index is 10.3. The summed E-state index contributed by atoms with van der Waals surface area (Å²) in [6.45, 7) is -0.0481. The number of pyridine rings is 1. The van der Waals surface area contributed by atoms with Crippen molar-refractivity contribution in [2.75, 3.05) is 11.9 Å². The van der Waals surface area contributed by atoms with Gasteiger partial charge in [0.05, 0.1) is 18.4 Å². The third-order valence-corrected chi connectivity index (χ3v) is 1.92. The molecule has 5 nitrogen and oxygen atoms in total. The highest BCUT2D eigenvalue weighted by atomic mass is 79.9. The summed E-state index contributed by atoms with van der Waals surface area (Å²) in [5.74, 6) is -1.25. The number of nitrogens with zero attached hydrogens (tertiary/aromatic N) is 1. The molecular formula is C8H9BrN2O3. The zero-order chi connectivity index (χ0) is 10.6. The van der Waals surface area contributed by atoms with Crippen molar-refractivity contribution in [3.63, 3.8) is 0 Å². The van der Waals surface area contributed by atoms with E-state index in [4.69, 9.17) is 10.2 Å². The number of carbonyl (C=O) groups is 1. The predicted octanol–water partition coefficient (Wildman–Crippen LogP) is 0.701. The summed E-state index contributed by atoms with van der Waals surface area (Å²) >= 11 is 3.22. The van der Waals surface area contributed by atoms with Gasteiger partial charge < -0.3 is 15.5 Å². The van der Waals surface area contributed by atoms with E-state index in [1.807, 2.05) is 0 Å². The molecule has 1 unspecified atom stereocenters. The molecule has 0 radical (unpaired) electrons. The lowest BCUT2D eigenvalue weighted by Crippen LogP contribution is -2.28. The molecule has 0 saturated carbocycles. The summed E-state index contributed by atoms with van der Waals surface area (Å²) in [5.41, 5.74) is 0.652. The molecule has 0 aliphatic rings. The zero-order valence-corrected chi connectivity index (χ0v) is 8.73. The van der Waals surface area contributed by atoms with Crippen molar-refractivity contribution in [1.29, 1.82) is 0 Å². The summed E-state index contributed by atoms with van der Waals surface area (Å²) in [6, 6.07) is 1.74. The minimum atomic E-state index is -1.41. The number of hydrogen-bond acceptors (Lipinski definition) is 4. The first-order chi connectivity index (χ1) is 6.59. The SMILES string of the molecule is O=C(O)C(O)CNc1cncc(Br)c1. The Hall–Kier alpha value is -1.14. The Labute approximate surface area is 88.9 Å². The molecule has 0 fully saturated rings. The van der Waals surface area contributed by atoms with E-state index in [1.54, 1.807) is 18.5 Å². The molecule has 0 bridgehead atoms. The van der Waals surface area contributed by atoms with E-state index in [-0.39, 0.29) is 6.54 Å². The summed E-state index contributed by atoms with van der Waals surface area (Å²) in [4.78, 5) is 14.1. The van der Waals surface area contributed by atoms with Gasteiger partial charge in [-0.3, -0.25) is 4.98 Å². The first-order valence-corrected chi connectivity index (χ1v) is 4.64. The number of aliphatic hydroxyl groups excluding tert-OH is 1. The van der Waals surface area contributed by atoms with E-state index in [9.17, 15) is 4.79 Å². The first-order valence-electron chi connectivity index (χ1n) is 3.85. The van der Waals surface area contributed by atoms with Crippen LogP contribution >= 0.6 is 15.9 Å². The van der Waals surface area contributed by atoms with Gasteiger partial charge in [0, 0.05) is 10.7 Å². The van der Waals surface area contributed by atoms with Crippen LogP contribution in [0.2, 0.25) is 0 Å². The molecule has 0 amide bonds. The molecule has 3 N–H and O–H groups in total. The molecule has 6 heteroatoms. The van der Waals surface area contributed by atoms with Crippen molar-refractivity contribution in [3.8, 4) is 0 Å². The van der Waals surface area contributed by atoms with Crippen molar-refractivity contribution in [3.05, 3.63) is 22.9 Å². The lowest BCUT2D eigenvalue weighted by atomic mass is 10.3. The fourth-order valence-electron chi connectivity index (χ4n) is 0.810. The largest absolute Gasteiger partial charge is 0.479 e. The third kappa shape index (κ3) is 3.31. The summed E-state index contributed by atoms with van der Waals surface area (Å²) in [7, 11) is 0. The van der Waals surface area contributed by atoms with Crippen LogP contribution in [0.3, 0.4) is 0 Å². The van der Waals surface area contributed by atoms with Crippen LogP contribution < -0.4 is 5.32 Å². The van der Waals surface area contributed by atoms with E-state index in [0.717, 1.165) is 4.47 Å². The normalized spacial score (nSPS) is 12.1. The number of anilines is 1. The van der Waals surface area contributed by atoms with Crippen LogP contribution in [0.15, 0.2) is 22.9 Å². The van der Waals surface area contributed by atoms with Gasteiger partial charge in [0.25, 0.3) is 0 Å². The number of hydrogen-bond donors (Lipinski definition) is 3. The molecule has 14 heavy (non-hydrogen) atoms. The molecular weight excluding hydrogens is 252 g/mol. The number of aliphatic carboxylic acids is 1. The number of rotatable bonds is 4. The van der Waals surface area contributed by atoms with Gasteiger partial charge in [-0.2, -0.15) is 0 Å². The Kier molecular flexibility index (Phi) is 3.84. The van der Waals surface area contributed by atoms with Crippen molar-refractivity contribution < 1.29 is 15.0 Å². The number of carboxylic acids is 1. The average molecular weight is 261 g/mol. The summed E-state index contributed by atoms with van der Waals surface area (Å²) < 4.78 is 0.785. The lowest BCUT2D eigenvalue weighted by Gasteiger charge is -2.08. The van der Waals surface area contributed by atoms with Gasteiger partial charge in [-0.1, -0.05) is 0 Å². The zero-order valence-electron chi connectivity index (χ0n) is 7.14. The topological polar surface area (TPSA) is 82.5 Å². The summed E-state index contributed by atoms with van der Waals surface area (Å²) in [5, 5.41) is 20.1. The number of halogens is 1. The Morgan fingerprint density at radius 3 is 2.93 bits per heavy atom. The standard InChI is InChI=1S/C8H9BrN2O3/c9-5-1-6(3-10-2-5)11-4-7(12)8(13)14/h1-3,7,11-12H,4H2,(H,13,14). The van der Waals surface area contributed by atoms with Gasteiger partial charge in [0.15, 0.2) is 6.10 Å². The number of nitrogens with one attached hydrogen (secondary N) is 1. The van der Waals surface area contributed by atoms with Crippen LogP contribution in [0, 0.1) is 0 Å². The van der Waals surface area contributed by atoms with Crippen LogP contribution in [-0.4, -0.2) is 33.8 Å². The predicted molar refractivity (Wildman–Crippen MR) is 54.1 cm³/mol. The molecule has 0 aliphatic heterocycles. The summed E-state index contributed by atoms with van der Waals surface area (Å²) in [6.07, 6.45) is 1.74. The highest BCUT2D eigenvalue weighted by Gasteiger charge is 2.11. The van der Waals surface area contributed by atoms with Crippen LogP contribution in [-0.2, 0) is 4.79 Å². The van der Waals surface area contributed by atoms with Gasteiger partial charge in [-0.05, 0) is 22.0 Å². The second-order valence-corrected chi connectivity index (χ2v) is 3.54. The van der Waals surface area contributed by atoms with Gasteiger partial charge in [0.1, 0.15) is 0 Å². The number of aliphatic hydroxyl groups is 1. The molecule has 0 aromatic carbocycles. The highest BCUT2D eigenvalue weighted by molar-refractivity contribution is 9.10. The third-order valence-electron chi connectivity index (χ3n) is 1.49.